The van der Waals surface area contributed by atoms with Crippen LogP contribution in [0.1, 0.15) is 11.3 Å². The van der Waals surface area contributed by atoms with Crippen LogP contribution < -0.4 is 0 Å². The minimum Gasteiger partial charge on any atom is -0.251 e. The normalized spacial score (nSPS) is 11.3. The van der Waals surface area contributed by atoms with Gasteiger partial charge < -0.3 is 0 Å². The van der Waals surface area contributed by atoms with Crippen LogP contribution in [0.3, 0.4) is 0 Å². The predicted molar refractivity (Wildman–Crippen MR) is 187 cm³/mol. The van der Waals surface area contributed by atoms with E-state index < -0.39 is 0 Å². The molecule has 8 aromatic rings. The second kappa shape index (κ2) is 11.5. The van der Waals surface area contributed by atoms with Crippen LogP contribution in [0.2, 0.25) is 0 Å². The lowest BCUT2D eigenvalue weighted by molar-refractivity contribution is 1.07. The van der Waals surface area contributed by atoms with Gasteiger partial charge in [-0.2, -0.15) is 0 Å². The number of rotatable bonds is 5. The highest BCUT2D eigenvalue weighted by Gasteiger charge is 2.14. The van der Waals surface area contributed by atoms with Gasteiger partial charge in [0.25, 0.3) is 0 Å². The van der Waals surface area contributed by atoms with Crippen molar-refractivity contribution < 1.29 is 0 Å². The van der Waals surface area contributed by atoms with E-state index in [-0.39, 0.29) is 0 Å². The molecule has 0 saturated heterocycles. The van der Waals surface area contributed by atoms with Crippen LogP contribution in [0.15, 0.2) is 140 Å². The lowest BCUT2D eigenvalue weighted by atomic mass is 9.98. The van der Waals surface area contributed by atoms with Gasteiger partial charge in [-0.25, -0.2) is 19.9 Å². The Morgan fingerprint density at radius 1 is 0.370 bits per heavy atom. The van der Waals surface area contributed by atoms with Gasteiger partial charge in [0, 0.05) is 38.7 Å². The van der Waals surface area contributed by atoms with Gasteiger partial charge in [-0.3, -0.25) is 4.98 Å². The van der Waals surface area contributed by atoms with Gasteiger partial charge >= 0.3 is 0 Å². The molecule has 3 heterocycles. The Bertz CT molecular complexity index is 2310. The van der Waals surface area contributed by atoms with Crippen molar-refractivity contribution in [3.8, 4) is 56.5 Å². The van der Waals surface area contributed by atoms with E-state index in [1.165, 1.54) is 5.56 Å². The molecule has 0 aliphatic heterocycles. The van der Waals surface area contributed by atoms with E-state index in [0.717, 1.165) is 66.6 Å². The lowest BCUT2D eigenvalue weighted by Gasteiger charge is -2.11. The van der Waals surface area contributed by atoms with E-state index in [9.17, 15) is 0 Å². The number of aromatic nitrogens is 5. The first-order valence-corrected chi connectivity index (χ1v) is 15.3. The zero-order chi connectivity index (χ0) is 31.0. The topological polar surface area (TPSA) is 64.5 Å². The summed E-state index contributed by atoms with van der Waals surface area (Å²) in [6.45, 7) is 4.17. The van der Waals surface area contributed by atoms with Crippen LogP contribution in [0.4, 0.5) is 0 Å². The Morgan fingerprint density at radius 3 is 1.57 bits per heavy atom. The van der Waals surface area contributed by atoms with Crippen LogP contribution >= 0.6 is 0 Å². The van der Waals surface area contributed by atoms with Crippen molar-refractivity contribution in [1.82, 2.24) is 24.9 Å². The van der Waals surface area contributed by atoms with Crippen molar-refractivity contribution >= 4 is 21.8 Å². The molecule has 0 radical (unpaired) electrons. The molecule has 0 amide bonds. The molecule has 218 valence electrons. The van der Waals surface area contributed by atoms with Crippen molar-refractivity contribution in [1.29, 1.82) is 0 Å². The molecule has 0 fully saturated rings. The number of nitrogens with zero attached hydrogens (tertiary/aromatic N) is 5. The third-order valence-corrected chi connectivity index (χ3v) is 8.32. The van der Waals surface area contributed by atoms with E-state index >= 15 is 0 Å². The average molecular weight is 592 g/mol. The van der Waals surface area contributed by atoms with Crippen LogP contribution in [-0.2, 0) is 0 Å². The Labute approximate surface area is 267 Å². The zero-order valence-electron chi connectivity index (χ0n) is 25.5. The van der Waals surface area contributed by atoms with Gasteiger partial charge in [-0.05, 0) is 48.7 Å². The molecular formula is C41H29N5. The smallest absolute Gasteiger partial charge is 0.164 e. The molecule has 5 heteroatoms. The molecule has 5 nitrogen and oxygen atoms in total. The fraction of sp³-hybridized carbons (Fsp3) is 0.0488. The maximum absolute atomic E-state index is 5.15. The summed E-state index contributed by atoms with van der Waals surface area (Å²) in [6, 6.07) is 47.7. The highest BCUT2D eigenvalue weighted by molar-refractivity contribution is 6.04. The van der Waals surface area contributed by atoms with Gasteiger partial charge in [0.15, 0.2) is 17.5 Å². The van der Waals surface area contributed by atoms with Crippen LogP contribution in [0, 0.1) is 13.8 Å². The fourth-order valence-electron chi connectivity index (χ4n) is 5.89. The van der Waals surface area contributed by atoms with E-state index in [0.29, 0.717) is 17.5 Å². The summed E-state index contributed by atoms with van der Waals surface area (Å²) < 4.78 is 0. The highest BCUT2D eigenvalue weighted by atomic mass is 15.0. The molecule has 0 aliphatic carbocycles. The maximum Gasteiger partial charge on any atom is 0.164 e. The summed E-state index contributed by atoms with van der Waals surface area (Å²) in [6.07, 6.45) is 0. The Hall–Kier alpha value is -6.07. The largest absolute Gasteiger partial charge is 0.251 e. The third-order valence-electron chi connectivity index (χ3n) is 8.32. The molecule has 0 saturated carbocycles. The molecule has 0 unspecified atom stereocenters. The standard InChI is InChI=1S/C41H29N5/c1-26-24-36(43-38-35(26)23-22-29-17-16-27(2)42-37(29)38)34-15-9-14-33(25-34)28-18-20-32(21-19-28)41-45-39(30-10-5-3-6-11-30)44-40(46-41)31-12-7-4-8-13-31/h3-25H,1-2H3. The molecule has 0 N–H and O–H groups in total. The molecule has 0 aliphatic rings. The summed E-state index contributed by atoms with van der Waals surface area (Å²) in [5.74, 6) is 1.94. The summed E-state index contributed by atoms with van der Waals surface area (Å²) in [7, 11) is 0. The minimum atomic E-state index is 0.639. The number of fused-ring (bicyclic) bond motifs is 3. The summed E-state index contributed by atoms with van der Waals surface area (Å²) in [5, 5.41) is 2.23. The Kier molecular flexibility index (Phi) is 6.84. The maximum atomic E-state index is 5.15. The fourth-order valence-corrected chi connectivity index (χ4v) is 5.89. The number of pyridine rings is 2. The first-order chi connectivity index (χ1) is 22.6. The zero-order valence-corrected chi connectivity index (χ0v) is 25.5. The Morgan fingerprint density at radius 2 is 0.913 bits per heavy atom. The molecule has 3 aromatic heterocycles. The molecule has 8 rings (SSSR count). The second-order valence-corrected chi connectivity index (χ2v) is 11.5. The lowest BCUT2D eigenvalue weighted by Crippen LogP contribution is -2.00. The average Bonchev–Trinajstić information content (AvgIpc) is 3.12. The van der Waals surface area contributed by atoms with Gasteiger partial charge in [0.05, 0.1) is 16.7 Å². The van der Waals surface area contributed by atoms with E-state index in [2.05, 4.69) is 79.7 Å². The van der Waals surface area contributed by atoms with Crippen LogP contribution in [0.25, 0.3) is 78.4 Å². The van der Waals surface area contributed by atoms with Crippen molar-refractivity contribution in [3.63, 3.8) is 0 Å². The third kappa shape index (κ3) is 5.18. The highest BCUT2D eigenvalue weighted by Crippen LogP contribution is 2.32. The molecular weight excluding hydrogens is 562 g/mol. The van der Waals surface area contributed by atoms with Crippen molar-refractivity contribution in [2.75, 3.05) is 0 Å². The van der Waals surface area contributed by atoms with Crippen LogP contribution in [0.5, 0.6) is 0 Å². The van der Waals surface area contributed by atoms with Crippen molar-refractivity contribution in [2.45, 2.75) is 13.8 Å². The monoisotopic (exact) mass is 591 g/mol. The molecule has 0 atom stereocenters. The summed E-state index contributed by atoms with van der Waals surface area (Å²) >= 11 is 0. The molecule has 0 spiro atoms. The summed E-state index contributed by atoms with van der Waals surface area (Å²) in [5.41, 5.74) is 11.1. The van der Waals surface area contributed by atoms with Gasteiger partial charge in [0.1, 0.15) is 0 Å². The summed E-state index contributed by atoms with van der Waals surface area (Å²) in [4.78, 5) is 24.6. The van der Waals surface area contributed by atoms with E-state index in [1.807, 2.05) is 73.7 Å². The predicted octanol–water partition coefficient (Wildman–Crippen LogP) is 9.92. The number of hydrogen-bond acceptors (Lipinski definition) is 5. The van der Waals surface area contributed by atoms with Crippen molar-refractivity contribution in [3.05, 3.63) is 151 Å². The van der Waals surface area contributed by atoms with Crippen LogP contribution in [-0.4, -0.2) is 24.9 Å². The minimum absolute atomic E-state index is 0.639. The quantitative estimate of drug-likeness (QED) is 0.186. The number of hydrogen-bond donors (Lipinski definition) is 0. The molecule has 46 heavy (non-hydrogen) atoms. The molecule has 5 aromatic carbocycles. The Balaban J connectivity index is 1.17. The first kappa shape index (κ1) is 27.5. The van der Waals surface area contributed by atoms with Gasteiger partial charge in [0.2, 0.25) is 0 Å². The van der Waals surface area contributed by atoms with E-state index in [4.69, 9.17) is 24.9 Å². The first-order valence-electron chi connectivity index (χ1n) is 15.3. The molecule has 0 bridgehead atoms. The number of aryl methyl sites for hydroxylation is 2. The van der Waals surface area contributed by atoms with Gasteiger partial charge in [-0.1, -0.05) is 121 Å². The second-order valence-electron chi connectivity index (χ2n) is 11.5. The van der Waals surface area contributed by atoms with E-state index in [1.54, 1.807) is 0 Å². The van der Waals surface area contributed by atoms with Crippen molar-refractivity contribution in [2.24, 2.45) is 0 Å². The van der Waals surface area contributed by atoms with Gasteiger partial charge in [-0.15, -0.1) is 0 Å². The SMILES string of the molecule is Cc1ccc2ccc3c(C)cc(-c4cccc(-c5ccc(-c6nc(-c7ccccc7)nc(-c7ccccc7)n6)cc5)c4)nc3c2n1. The number of benzene rings is 5.